The first-order valence-corrected chi connectivity index (χ1v) is 4.95. The third-order valence-electron chi connectivity index (χ3n) is 2.15. The number of hydrogen-bond acceptors (Lipinski definition) is 4. The van der Waals surface area contributed by atoms with E-state index in [1.165, 1.54) is 11.0 Å². The molecule has 0 aromatic rings. The van der Waals surface area contributed by atoms with E-state index in [0.717, 1.165) is 0 Å². The minimum absolute atomic E-state index is 0.0631. The molecule has 0 radical (unpaired) electrons. The number of amides is 1. The summed E-state index contributed by atoms with van der Waals surface area (Å²) < 4.78 is 17.7. The Bertz CT molecular complexity index is 325. The molecule has 0 bridgehead atoms. The fourth-order valence-corrected chi connectivity index (χ4v) is 1.40. The van der Waals surface area contributed by atoms with E-state index in [2.05, 4.69) is 4.99 Å². The molecule has 0 aromatic heterocycles. The van der Waals surface area contributed by atoms with Crippen LogP contribution >= 0.6 is 0 Å². The number of rotatable bonds is 2. The van der Waals surface area contributed by atoms with Crippen LogP contribution in [0.3, 0.4) is 0 Å². The molecule has 6 heteroatoms. The lowest BCUT2D eigenvalue weighted by Gasteiger charge is -2.44. The van der Waals surface area contributed by atoms with Gasteiger partial charge < -0.3 is 9.64 Å². The van der Waals surface area contributed by atoms with Gasteiger partial charge in [0.15, 0.2) is 0 Å². The molecule has 16 heavy (non-hydrogen) atoms. The smallest absolute Gasteiger partial charge is 0.410 e. The van der Waals surface area contributed by atoms with E-state index in [0.29, 0.717) is 0 Å². The van der Waals surface area contributed by atoms with E-state index in [4.69, 9.17) is 4.74 Å². The van der Waals surface area contributed by atoms with Gasteiger partial charge in [-0.1, -0.05) is 0 Å². The first-order valence-electron chi connectivity index (χ1n) is 4.95. The van der Waals surface area contributed by atoms with Crippen LogP contribution in [-0.4, -0.2) is 48.0 Å². The topological polar surface area (TPSA) is 59.0 Å². The predicted octanol–water partition coefficient (Wildman–Crippen LogP) is 1.28. The lowest BCUT2D eigenvalue weighted by Crippen LogP contribution is -2.64. The zero-order valence-corrected chi connectivity index (χ0v) is 9.62. The van der Waals surface area contributed by atoms with Gasteiger partial charge in [0.1, 0.15) is 17.8 Å². The van der Waals surface area contributed by atoms with Crippen molar-refractivity contribution in [3.05, 3.63) is 0 Å². The molecule has 1 fully saturated rings. The van der Waals surface area contributed by atoms with Crippen molar-refractivity contribution in [1.29, 1.82) is 0 Å². The second kappa shape index (κ2) is 4.22. The molecular formula is C10H15FN2O3. The van der Waals surface area contributed by atoms with Crippen molar-refractivity contribution < 1.29 is 18.7 Å². The van der Waals surface area contributed by atoms with E-state index < -0.39 is 23.9 Å². The minimum Gasteiger partial charge on any atom is -0.444 e. The van der Waals surface area contributed by atoms with Gasteiger partial charge in [0.05, 0.1) is 13.1 Å². The number of aliphatic imine (C=N–C) groups is 1. The number of ether oxygens (including phenoxy) is 1. The van der Waals surface area contributed by atoms with E-state index in [1.807, 2.05) is 0 Å². The zero-order valence-electron chi connectivity index (χ0n) is 9.62. The summed E-state index contributed by atoms with van der Waals surface area (Å²) in [4.78, 5) is 26.3. The maximum Gasteiger partial charge on any atom is 0.410 e. The summed E-state index contributed by atoms with van der Waals surface area (Å²) in [5.74, 6) is 0. The van der Waals surface area contributed by atoms with Gasteiger partial charge in [-0.15, -0.1) is 0 Å². The van der Waals surface area contributed by atoms with Crippen molar-refractivity contribution in [3.8, 4) is 0 Å². The highest BCUT2D eigenvalue weighted by molar-refractivity contribution is 5.70. The average Bonchev–Trinajstić information content (AvgIpc) is 2.07. The van der Waals surface area contributed by atoms with Gasteiger partial charge in [0.2, 0.25) is 6.08 Å². The summed E-state index contributed by atoms with van der Waals surface area (Å²) in [6.07, 6.45) is 0.809. The number of carbonyl (C=O) groups is 1. The molecule has 1 heterocycles. The standard InChI is InChI=1S/C10H15FN2O3/c1-9(2,3)16-8(15)13-5-10(4-11,6-13)12-7-14/h4-6H2,1-3H3. The molecule has 1 aliphatic heterocycles. The van der Waals surface area contributed by atoms with Gasteiger partial charge in [0.25, 0.3) is 0 Å². The van der Waals surface area contributed by atoms with E-state index in [1.54, 1.807) is 20.8 Å². The Morgan fingerprint density at radius 3 is 2.50 bits per heavy atom. The van der Waals surface area contributed by atoms with E-state index >= 15 is 0 Å². The van der Waals surface area contributed by atoms with Crippen LogP contribution in [0.5, 0.6) is 0 Å². The third-order valence-corrected chi connectivity index (χ3v) is 2.15. The molecule has 5 nitrogen and oxygen atoms in total. The quantitative estimate of drug-likeness (QED) is 0.530. The molecule has 0 atom stereocenters. The van der Waals surface area contributed by atoms with Gasteiger partial charge in [-0.05, 0) is 20.8 Å². The van der Waals surface area contributed by atoms with Gasteiger partial charge >= 0.3 is 6.09 Å². The van der Waals surface area contributed by atoms with Crippen LogP contribution in [0, 0.1) is 0 Å². The van der Waals surface area contributed by atoms with Crippen LogP contribution in [0.2, 0.25) is 0 Å². The van der Waals surface area contributed by atoms with E-state index in [-0.39, 0.29) is 13.1 Å². The normalized spacial score (nSPS) is 18.4. The van der Waals surface area contributed by atoms with Crippen molar-refractivity contribution >= 4 is 12.2 Å². The number of likely N-dealkylation sites (tertiary alicyclic amines) is 1. The van der Waals surface area contributed by atoms with Gasteiger partial charge in [-0.2, -0.15) is 4.99 Å². The van der Waals surface area contributed by atoms with Crippen molar-refractivity contribution in [2.75, 3.05) is 19.8 Å². The molecule has 0 N–H and O–H groups in total. The molecule has 1 aliphatic rings. The number of nitrogens with zero attached hydrogens (tertiary/aromatic N) is 2. The highest BCUT2D eigenvalue weighted by atomic mass is 19.1. The predicted molar refractivity (Wildman–Crippen MR) is 54.6 cm³/mol. The van der Waals surface area contributed by atoms with Gasteiger partial charge in [0, 0.05) is 0 Å². The molecule has 0 saturated carbocycles. The molecule has 1 saturated heterocycles. The van der Waals surface area contributed by atoms with E-state index in [9.17, 15) is 14.0 Å². The summed E-state index contributed by atoms with van der Waals surface area (Å²) in [5.41, 5.74) is -1.68. The number of hydrogen-bond donors (Lipinski definition) is 0. The third kappa shape index (κ3) is 2.79. The van der Waals surface area contributed by atoms with Crippen LogP contribution in [0.4, 0.5) is 9.18 Å². The van der Waals surface area contributed by atoms with Crippen LogP contribution in [0.15, 0.2) is 4.99 Å². The monoisotopic (exact) mass is 230 g/mol. The van der Waals surface area contributed by atoms with Crippen LogP contribution < -0.4 is 0 Å². The van der Waals surface area contributed by atoms with Crippen LogP contribution in [0.1, 0.15) is 20.8 Å². The molecule has 0 spiro atoms. The Hall–Kier alpha value is -1.42. The Morgan fingerprint density at radius 1 is 1.56 bits per heavy atom. The molecule has 1 rings (SSSR count). The summed E-state index contributed by atoms with van der Waals surface area (Å²) in [7, 11) is 0. The molecular weight excluding hydrogens is 215 g/mol. The van der Waals surface area contributed by atoms with Crippen molar-refractivity contribution in [1.82, 2.24) is 4.90 Å². The van der Waals surface area contributed by atoms with Gasteiger partial charge in [-0.3, -0.25) is 0 Å². The average molecular weight is 230 g/mol. The number of halogens is 1. The minimum atomic E-state index is -1.10. The van der Waals surface area contributed by atoms with Crippen molar-refractivity contribution in [2.24, 2.45) is 4.99 Å². The zero-order chi connectivity index (χ0) is 12.4. The Morgan fingerprint density at radius 2 is 2.12 bits per heavy atom. The van der Waals surface area contributed by atoms with Crippen molar-refractivity contribution in [3.63, 3.8) is 0 Å². The first kappa shape index (κ1) is 12.6. The molecule has 0 unspecified atom stereocenters. The van der Waals surface area contributed by atoms with Crippen LogP contribution in [-0.2, 0) is 9.53 Å². The number of alkyl halides is 1. The fraction of sp³-hybridized carbons (Fsp3) is 0.800. The lowest BCUT2D eigenvalue weighted by atomic mass is 9.93. The van der Waals surface area contributed by atoms with Crippen LogP contribution in [0.25, 0.3) is 0 Å². The SMILES string of the molecule is CC(C)(C)OC(=O)N1CC(CF)(N=C=O)C1. The summed E-state index contributed by atoms with van der Waals surface area (Å²) in [6, 6.07) is 0. The fourth-order valence-electron chi connectivity index (χ4n) is 1.40. The van der Waals surface area contributed by atoms with Gasteiger partial charge in [-0.25, -0.2) is 14.0 Å². The summed E-state index contributed by atoms with van der Waals surface area (Å²) in [6.45, 7) is 4.59. The second-order valence-electron chi connectivity index (χ2n) is 4.90. The first-order chi connectivity index (χ1) is 7.32. The highest BCUT2D eigenvalue weighted by Crippen LogP contribution is 2.27. The molecule has 0 aliphatic carbocycles. The van der Waals surface area contributed by atoms with Crippen molar-refractivity contribution in [2.45, 2.75) is 31.9 Å². The Balaban J connectivity index is 2.52. The maximum atomic E-state index is 12.6. The highest BCUT2D eigenvalue weighted by Gasteiger charge is 2.47. The molecule has 90 valence electrons. The summed E-state index contributed by atoms with van der Waals surface area (Å²) >= 11 is 0. The second-order valence-corrected chi connectivity index (χ2v) is 4.90. The summed E-state index contributed by atoms with van der Waals surface area (Å²) in [5, 5.41) is 0. The Kier molecular flexibility index (Phi) is 3.33. The molecule has 1 amide bonds. The maximum absolute atomic E-state index is 12.6. The molecule has 0 aromatic carbocycles. The number of carbonyl (C=O) groups excluding carboxylic acids is 2. The number of isocyanates is 1. The Labute approximate surface area is 93.3 Å². The largest absolute Gasteiger partial charge is 0.444 e. The lowest BCUT2D eigenvalue weighted by molar-refractivity contribution is -0.0117.